The summed E-state index contributed by atoms with van der Waals surface area (Å²) >= 11 is 9.45. The first kappa shape index (κ1) is 29.2. The molecule has 3 aromatic carbocycles. The number of amides is 4. The van der Waals surface area contributed by atoms with Crippen LogP contribution in [0.15, 0.2) is 64.6 Å². The zero-order valence-electron chi connectivity index (χ0n) is 22.3. The number of hydrogen-bond donors (Lipinski definition) is 1. The van der Waals surface area contributed by atoms with E-state index < -0.39 is 17.8 Å². The second kappa shape index (κ2) is 13.0. The van der Waals surface area contributed by atoms with Gasteiger partial charge in [-0.25, -0.2) is 9.69 Å². The van der Waals surface area contributed by atoms with Crippen molar-refractivity contribution in [2.75, 3.05) is 24.7 Å². The van der Waals surface area contributed by atoms with Crippen LogP contribution in [0, 0.1) is 6.92 Å². The minimum atomic E-state index is -0.840. The molecule has 8 nitrogen and oxygen atoms in total. The van der Waals surface area contributed by atoms with E-state index in [9.17, 15) is 14.4 Å². The molecular formula is C30H28BrClN2O6. The smallest absolute Gasteiger partial charge is 0.335 e. The van der Waals surface area contributed by atoms with Crippen LogP contribution in [0.25, 0.3) is 6.08 Å². The van der Waals surface area contributed by atoms with E-state index in [1.165, 1.54) is 23.8 Å². The van der Waals surface area contributed by atoms with Gasteiger partial charge in [0.15, 0.2) is 11.5 Å². The lowest BCUT2D eigenvalue weighted by atomic mass is 10.1. The molecule has 0 spiro atoms. The average Bonchev–Trinajstić information content (AvgIpc) is 2.91. The van der Waals surface area contributed by atoms with Crippen LogP contribution in [0.4, 0.5) is 10.5 Å². The molecule has 1 fully saturated rings. The van der Waals surface area contributed by atoms with E-state index in [4.69, 9.17) is 25.8 Å². The number of ether oxygens (including phenoxy) is 3. The van der Waals surface area contributed by atoms with E-state index in [0.717, 1.165) is 22.6 Å². The Kier molecular flexibility index (Phi) is 9.50. The Morgan fingerprint density at radius 3 is 2.38 bits per heavy atom. The lowest BCUT2D eigenvalue weighted by molar-refractivity contribution is -0.122. The van der Waals surface area contributed by atoms with Crippen molar-refractivity contribution in [2.24, 2.45) is 0 Å². The van der Waals surface area contributed by atoms with Crippen molar-refractivity contribution < 1.29 is 28.6 Å². The zero-order chi connectivity index (χ0) is 28.8. The summed E-state index contributed by atoms with van der Waals surface area (Å²) in [5.41, 5.74) is 2.90. The first-order valence-corrected chi connectivity index (χ1v) is 13.9. The summed E-state index contributed by atoms with van der Waals surface area (Å²) in [6.45, 7) is 6.90. The third-order valence-electron chi connectivity index (χ3n) is 5.95. The van der Waals surface area contributed by atoms with E-state index in [2.05, 4.69) is 34.2 Å². The molecule has 0 unspecified atom stereocenters. The van der Waals surface area contributed by atoms with Gasteiger partial charge < -0.3 is 14.2 Å². The van der Waals surface area contributed by atoms with Crippen molar-refractivity contribution in [3.8, 4) is 17.2 Å². The number of barbiturate groups is 1. The standard InChI is InChI=1S/C30H28BrClN2O6/c1-4-19-12-18(3)13-23(14-19)39-10-11-40-27-25(31)16-20(17-26(27)38-5-2)15-24-28(35)33-30(37)34(29(24)36)22-8-6-21(32)7-9-22/h6-9,12-17H,4-5,10-11H2,1-3H3,(H,33,35,37). The highest BCUT2D eigenvalue weighted by molar-refractivity contribution is 9.10. The number of aryl methyl sites for hydroxylation is 2. The Morgan fingerprint density at radius 1 is 0.950 bits per heavy atom. The average molecular weight is 628 g/mol. The summed E-state index contributed by atoms with van der Waals surface area (Å²) < 4.78 is 18.2. The van der Waals surface area contributed by atoms with E-state index in [1.54, 1.807) is 24.3 Å². The van der Waals surface area contributed by atoms with E-state index >= 15 is 0 Å². The lowest BCUT2D eigenvalue weighted by Gasteiger charge is -2.26. The predicted molar refractivity (Wildman–Crippen MR) is 157 cm³/mol. The van der Waals surface area contributed by atoms with Gasteiger partial charge in [0.05, 0.1) is 16.8 Å². The van der Waals surface area contributed by atoms with Crippen LogP contribution < -0.4 is 24.4 Å². The topological polar surface area (TPSA) is 94.2 Å². The highest BCUT2D eigenvalue weighted by atomic mass is 79.9. The zero-order valence-corrected chi connectivity index (χ0v) is 24.6. The third-order valence-corrected chi connectivity index (χ3v) is 6.79. The van der Waals surface area contributed by atoms with Crippen LogP contribution in [0.5, 0.6) is 17.2 Å². The van der Waals surface area contributed by atoms with Crippen LogP contribution in [0.1, 0.15) is 30.5 Å². The number of halogens is 2. The van der Waals surface area contributed by atoms with Gasteiger partial charge in [-0.2, -0.15) is 0 Å². The van der Waals surface area contributed by atoms with Gasteiger partial charge in [0.25, 0.3) is 11.8 Å². The van der Waals surface area contributed by atoms with Crippen molar-refractivity contribution in [1.82, 2.24) is 5.32 Å². The summed E-state index contributed by atoms with van der Waals surface area (Å²) in [7, 11) is 0. The van der Waals surface area contributed by atoms with Gasteiger partial charge in [0, 0.05) is 5.02 Å². The summed E-state index contributed by atoms with van der Waals surface area (Å²) in [6, 6.07) is 14.8. The molecule has 0 radical (unpaired) electrons. The molecule has 0 bridgehead atoms. The van der Waals surface area contributed by atoms with Crippen LogP contribution >= 0.6 is 27.5 Å². The lowest BCUT2D eigenvalue weighted by Crippen LogP contribution is -2.54. The molecule has 4 rings (SSSR count). The highest BCUT2D eigenvalue weighted by Gasteiger charge is 2.36. The number of anilines is 1. The normalized spacial score (nSPS) is 14.4. The number of imide groups is 2. The van der Waals surface area contributed by atoms with Crippen molar-refractivity contribution in [2.45, 2.75) is 27.2 Å². The minimum absolute atomic E-state index is 0.212. The van der Waals surface area contributed by atoms with Crippen LogP contribution in [-0.4, -0.2) is 37.7 Å². The Bertz CT molecular complexity index is 1470. The molecule has 4 amide bonds. The molecule has 1 aliphatic heterocycles. The van der Waals surface area contributed by atoms with Gasteiger partial charge in [-0.05, 0) is 107 Å². The van der Waals surface area contributed by atoms with Crippen molar-refractivity contribution in [1.29, 1.82) is 0 Å². The second-order valence-corrected chi connectivity index (χ2v) is 10.2. The number of urea groups is 1. The number of rotatable bonds is 10. The monoisotopic (exact) mass is 626 g/mol. The molecule has 208 valence electrons. The summed E-state index contributed by atoms with van der Waals surface area (Å²) in [5, 5.41) is 2.66. The maximum atomic E-state index is 13.2. The van der Waals surface area contributed by atoms with Gasteiger partial charge in [-0.3, -0.25) is 14.9 Å². The molecule has 3 aromatic rings. The van der Waals surface area contributed by atoms with Crippen LogP contribution in [-0.2, 0) is 16.0 Å². The minimum Gasteiger partial charge on any atom is -0.490 e. The summed E-state index contributed by atoms with van der Waals surface area (Å²) in [4.78, 5) is 39.2. The predicted octanol–water partition coefficient (Wildman–Crippen LogP) is 6.50. The van der Waals surface area contributed by atoms with Crippen LogP contribution in [0.2, 0.25) is 5.02 Å². The fourth-order valence-electron chi connectivity index (χ4n) is 4.14. The third kappa shape index (κ3) is 6.84. The fourth-order valence-corrected chi connectivity index (χ4v) is 4.84. The molecular weight excluding hydrogens is 600 g/mol. The number of carbonyl (C=O) groups excluding carboxylic acids is 3. The van der Waals surface area contributed by atoms with Gasteiger partial charge in [-0.1, -0.05) is 24.6 Å². The Labute approximate surface area is 246 Å². The Hall–Kier alpha value is -3.82. The number of nitrogens with zero attached hydrogens (tertiary/aromatic N) is 1. The number of carbonyl (C=O) groups is 3. The number of nitrogens with one attached hydrogen (secondary N) is 1. The first-order valence-electron chi connectivity index (χ1n) is 12.7. The van der Waals surface area contributed by atoms with Gasteiger partial charge in [0.2, 0.25) is 0 Å². The van der Waals surface area contributed by atoms with E-state index in [-0.39, 0.29) is 17.9 Å². The van der Waals surface area contributed by atoms with Gasteiger partial charge >= 0.3 is 6.03 Å². The molecule has 40 heavy (non-hydrogen) atoms. The summed E-state index contributed by atoms with van der Waals surface area (Å²) in [5.74, 6) is 0.109. The fraction of sp³-hybridized carbons (Fsp3) is 0.233. The molecule has 1 aliphatic rings. The molecule has 0 saturated carbocycles. The first-order chi connectivity index (χ1) is 19.2. The summed E-state index contributed by atoms with van der Waals surface area (Å²) in [6.07, 6.45) is 2.32. The Balaban J connectivity index is 1.53. The van der Waals surface area contributed by atoms with Crippen molar-refractivity contribution >= 4 is 57.1 Å². The molecule has 1 saturated heterocycles. The largest absolute Gasteiger partial charge is 0.490 e. The number of benzene rings is 3. The molecule has 0 atom stereocenters. The van der Waals surface area contributed by atoms with E-state index in [0.29, 0.717) is 39.8 Å². The van der Waals surface area contributed by atoms with Gasteiger partial charge in [0.1, 0.15) is 24.5 Å². The molecule has 1 N–H and O–H groups in total. The maximum Gasteiger partial charge on any atom is 0.335 e. The highest BCUT2D eigenvalue weighted by Crippen LogP contribution is 2.38. The van der Waals surface area contributed by atoms with Crippen molar-refractivity contribution in [3.63, 3.8) is 0 Å². The SMILES string of the molecule is CCOc1cc(C=C2C(=O)NC(=O)N(c3ccc(Cl)cc3)C2=O)cc(Br)c1OCCOc1cc(C)cc(CC)c1. The van der Waals surface area contributed by atoms with Crippen LogP contribution in [0.3, 0.4) is 0 Å². The maximum absolute atomic E-state index is 13.2. The quantitative estimate of drug-likeness (QED) is 0.157. The number of hydrogen-bond acceptors (Lipinski definition) is 6. The van der Waals surface area contributed by atoms with E-state index in [1.807, 2.05) is 26.0 Å². The molecule has 0 aromatic heterocycles. The second-order valence-electron chi connectivity index (χ2n) is 8.90. The van der Waals surface area contributed by atoms with Gasteiger partial charge in [-0.15, -0.1) is 0 Å². The molecule has 1 heterocycles. The molecule has 10 heteroatoms. The molecule has 0 aliphatic carbocycles. The Morgan fingerprint density at radius 2 is 1.68 bits per heavy atom. The van der Waals surface area contributed by atoms with Crippen molar-refractivity contribution in [3.05, 3.63) is 86.4 Å².